The maximum Gasteiger partial charge on any atom is 0.422 e. The van der Waals surface area contributed by atoms with Crippen LogP contribution in [0.1, 0.15) is 22.5 Å². The summed E-state index contributed by atoms with van der Waals surface area (Å²) < 4.78 is 48.1. The number of hydrogen-bond acceptors (Lipinski definition) is 6. The van der Waals surface area contributed by atoms with Crippen molar-refractivity contribution in [2.75, 3.05) is 55.7 Å². The van der Waals surface area contributed by atoms with Crippen LogP contribution in [0.15, 0.2) is 53.2 Å². The molecule has 0 bridgehead atoms. The Morgan fingerprint density at radius 2 is 1.76 bits per heavy atom. The summed E-state index contributed by atoms with van der Waals surface area (Å²) in [6.45, 7) is 4.08. The lowest BCUT2D eigenvalue weighted by Gasteiger charge is -2.37. The Morgan fingerprint density at radius 3 is 2.39 bits per heavy atom. The third kappa shape index (κ3) is 6.92. The number of aryl methyl sites for hydroxylation is 1. The summed E-state index contributed by atoms with van der Waals surface area (Å²) in [6.07, 6.45) is -2.38. The minimum Gasteiger partial charge on any atom is -0.482 e. The van der Waals surface area contributed by atoms with Gasteiger partial charge in [-0.3, -0.25) is 9.69 Å². The van der Waals surface area contributed by atoms with Gasteiger partial charge in [0.15, 0.2) is 6.61 Å². The minimum absolute atomic E-state index is 0.216. The Kier molecular flexibility index (Phi) is 9.07. The Morgan fingerprint density at radius 1 is 1.08 bits per heavy atom. The number of amides is 1. The van der Waals surface area contributed by atoms with Gasteiger partial charge in [0.05, 0.1) is 27.6 Å². The topological polar surface area (TPSA) is 62.1 Å². The first-order chi connectivity index (χ1) is 18.1. The van der Waals surface area contributed by atoms with Gasteiger partial charge in [0.25, 0.3) is 5.91 Å². The molecular weight excluding hydrogens is 544 g/mol. The van der Waals surface area contributed by atoms with Crippen molar-refractivity contribution in [1.29, 1.82) is 0 Å². The van der Waals surface area contributed by atoms with Crippen molar-refractivity contribution in [1.82, 2.24) is 10.1 Å². The fraction of sp³-hybridized carbons (Fsp3) is 0.385. The summed E-state index contributed by atoms with van der Waals surface area (Å²) in [5, 5.41) is 4.44. The van der Waals surface area contributed by atoms with Gasteiger partial charge >= 0.3 is 6.18 Å². The smallest absolute Gasteiger partial charge is 0.422 e. The van der Waals surface area contributed by atoms with Crippen LogP contribution in [0.3, 0.4) is 0 Å². The van der Waals surface area contributed by atoms with Crippen molar-refractivity contribution in [3.63, 3.8) is 0 Å². The highest BCUT2D eigenvalue weighted by molar-refractivity contribution is 6.40. The zero-order chi connectivity index (χ0) is 27.3. The Bertz CT molecular complexity index is 1230. The first kappa shape index (κ1) is 28.1. The summed E-state index contributed by atoms with van der Waals surface area (Å²) in [5.74, 6) is 0.311. The highest BCUT2D eigenvalue weighted by Gasteiger charge is 2.30. The number of carbonyl (C=O) groups excluding carboxylic acids is 1. The van der Waals surface area contributed by atoms with E-state index in [1.54, 1.807) is 54.3 Å². The molecule has 1 aliphatic rings. The average Bonchev–Trinajstić information content (AvgIpc) is 3.32. The van der Waals surface area contributed by atoms with Gasteiger partial charge in [-0.15, -0.1) is 0 Å². The number of nitrogens with zero attached hydrogens (tertiary/aromatic N) is 4. The number of para-hydroxylation sites is 3. The number of anilines is 2. The molecule has 0 spiro atoms. The van der Waals surface area contributed by atoms with E-state index in [0.29, 0.717) is 78.4 Å². The van der Waals surface area contributed by atoms with Crippen LogP contribution in [-0.2, 0) is 0 Å². The van der Waals surface area contributed by atoms with Crippen molar-refractivity contribution in [2.24, 2.45) is 0 Å². The first-order valence-corrected chi connectivity index (χ1v) is 12.8. The molecule has 0 atom stereocenters. The van der Waals surface area contributed by atoms with E-state index in [0.717, 1.165) is 0 Å². The van der Waals surface area contributed by atoms with Crippen LogP contribution >= 0.6 is 23.2 Å². The largest absolute Gasteiger partial charge is 0.482 e. The molecule has 1 saturated heterocycles. The molecule has 7 nitrogen and oxygen atoms in total. The van der Waals surface area contributed by atoms with Crippen LogP contribution in [0.5, 0.6) is 5.75 Å². The molecule has 1 aromatic heterocycles. The van der Waals surface area contributed by atoms with Gasteiger partial charge < -0.3 is 19.1 Å². The van der Waals surface area contributed by atoms with E-state index in [2.05, 4.69) is 10.1 Å². The van der Waals surface area contributed by atoms with E-state index >= 15 is 0 Å². The number of ether oxygens (including phenoxy) is 1. The quantitative estimate of drug-likeness (QED) is 0.310. The molecule has 0 aliphatic carbocycles. The summed E-state index contributed by atoms with van der Waals surface area (Å²) in [6, 6.07) is 11.8. The summed E-state index contributed by atoms with van der Waals surface area (Å²) in [7, 11) is 0. The lowest BCUT2D eigenvalue weighted by atomic mass is 10.2. The van der Waals surface area contributed by atoms with Crippen LogP contribution < -0.4 is 14.5 Å². The number of hydrogen-bond donors (Lipinski definition) is 0. The molecule has 1 aliphatic heterocycles. The average molecular weight is 571 g/mol. The molecule has 1 fully saturated rings. The van der Waals surface area contributed by atoms with Crippen molar-refractivity contribution >= 4 is 40.5 Å². The van der Waals surface area contributed by atoms with Crippen molar-refractivity contribution in [3.05, 3.63) is 70.0 Å². The van der Waals surface area contributed by atoms with Crippen molar-refractivity contribution in [3.8, 4) is 5.75 Å². The number of halogens is 5. The maximum atomic E-state index is 13.4. The summed E-state index contributed by atoms with van der Waals surface area (Å²) in [5.41, 5.74) is 1.41. The Labute approximate surface area is 228 Å². The zero-order valence-electron chi connectivity index (χ0n) is 20.7. The molecule has 0 N–H and O–H groups in total. The molecule has 4 rings (SSSR count). The molecule has 2 heterocycles. The molecule has 0 radical (unpaired) electrons. The second-order valence-electron chi connectivity index (χ2n) is 8.88. The van der Waals surface area contributed by atoms with Crippen molar-refractivity contribution in [2.45, 2.75) is 19.5 Å². The molecule has 0 saturated carbocycles. The van der Waals surface area contributed by atoms with E-state index in [-0.39, 0.29) is 11.7 Å². The van der Waals surface area contributed by atoms with Gasteiger partial charge in [-0.2, -0.15) is 13.2 Å². The van der Waals surface area contributed by atoms with Gasteiger partial charge in [-0.1, -0.05) is 46.6 Å². The molecule has 1 amide bonds. The lowest BCUT2D eigenvalue weighted by Crippen LogP contribution is -2.47. The Hall–Kier alpha value is -2.95. The van der Waals surface area contributed by atoms with Crippen molar-refractivity contribution < 1.29 is 27.2 Å². The molecule has 12 heteroatoms. The van der Waals surface area contributed by atoms with Gasteiger partial charge in [-0.05, 0) is 44.2 Å². The lowest BCUT2D eigenvalue weighted by molar-refractivity contribution is -0.153. The first-order valence-electron chi connectivity index (χ1n) is 12.1. The highest BCUT2D eigenvalue weighted by atomic mass is 35.5. The van der Waals surface area contributed by atoms with Crippen LogP contribution in [0, 0.1) is 6.92 Å². The predicted molar refractivity (Wildman–Crippen MR) is 141 cm³/mol. The van der Waals surface area contributed by atoms with E-state index in [1.807, 2.05) is 4.90 Å². The van der Waals surface area contributed by atoms with E-state index in [4.69, 9.17) is 32.5 Å². The summed E-state index contributed by atoms with van der Waals surface area (Å²) in [4.78, 5) is 19.2. The third-order valence-electron chi connectivity index (χ3n) is 6.26. The van der Waals surface area contributed by atoms with Crippen LogP contribution in [0.25, 0.3) is 0 Å². The normalized spacial score (nSPS) is 14.5. The van der Waals surface area contributed by atoms with Crippen LogP contribution in [-0.4, -0.2) is 68.0 Å². The maximum absolute atomic E-state index is 13.4. The van der Waals surface area contributed by atoms with Crippen LogP contribution in [0.2, 0.25) is 10.0 Å². The number of alkyl halides is 3. The zero-order valence-corrected chi connectivity index (χ0v) is 22.2. The molecule has 38 heavy (non-hydrogen) atoms. The fourth-order valence-corrected chi connectivity index (χ4v) is 4.98. The molecule has 2 aromatic carbocycles. The second kappa shape index (κ2) is 12.3. The third-order valence-corrected chi connectivity index (χ3v) is 6.87. The molecule has 3 aromatic rings. The van der Waals surface area contributed by atoms with Gasteiger partial charge in [0.2, 0.25) is 0 Å². The van der Waals surface area contributed by atoms with Crippen LogP contribution in [0.4, 0.5) is 24.5 Å². The van der Waals surface area contributed by atoms with E-state index in [1.165, 1.54) is 6.20 Å². The highest BCUT2D eigenvalue weighted by Crippen LogP contribution is 2.35. The second-order valence-corrected chi connectivity index (χ2v) is 9.69. The van der Waals surface area contributed by atoms with Gasteiger partial charge in [0.1, 0.15) is 17.1 Å². The fourth-order valence-electron chi connectivity index (χ4n) is 4.38. The number of aromatic nitrogens is 1. The van der Waals surface area contributed by atoms with Gasteiger partial charge in [0, 0.05) is 32.7 Å². The predicted octanol–water partition coefficient (Wildman–Crippen LogP) is 6.09. The molecule has 204 valence electrons. The van der Waals surface area contributed by atoms with E-state index in [9.17, 15) is 18.0 Å². The standard InChI is InChI=1S/C26H27Cl2F3N4O3/c1-18-19(16-32-38-18)25(36)35(24-20(27)6-4-7-21(24)28)11-5-10-33-12-14-34(15-13-33)22-8-2-3-9-23(22)37-17-26(29,30)31/h2-4,6-9,16H,5,10-15,17H2,1H3. The van der Waals surface area contributed by atoms with Gasteiger partial charge in [-0.25, -0.2) is 0 Å². The number of rotatable bonds is 9. The SMILES string of the molecule is Cc1oncc1C(=O)N(CCCN1CCN(c2ccccc2OCC(F)(F)F)CC1)c1c(Cl)cccc1Cl. The minimum atomic E-state index is -4.40. The monoisotopic (exact) mass is 570 g/mol. The molecule has 0 unspecified atom stereocenters. The Balaban J connectivity index is 1.37. The summed E-state index contributed by atoms with van der Waals surface area (Å²) >= 11 is 12.9. The molecular formula is C26H27Cl2F3N4O3. The number of benzene rings is 2. The van der Waals surface area contributed by atoms with E-state index < -0.39 is 12.8 Å². The number of carbonyl (C=O) groups is 1. The number of piperazine rings is 1.